The van der Waals surface area contributed by atoms with Gasteiger partial charge in [-0.2, -0.15) is 0 Å². The van der Waals surface area contributed by atoms with Crippen molar-refractivity contribution in [2.45, 2.75) is 19.3 Å². The highest BCUT2D eigenvalue weighted by Gasteiger charge is 2.41. The zero-order valence-electron chi connectivity index (χ0n) is 26.4. The van der Waals surface area contributed by atoms with E-state index >= 15 is 0 Å². The monoisotopic (exact) mass is 600 g/mol. The molecule has 9 rings (SSSR count). The number of benzene rings is 7. The molecule has 1 aromatic heterocycles. The first-order valence-corrected chi connectivity index (χ1v) is 16.3. The molecule has 0 amide bonds. The van der Waals surface area contributed by atoms with E-state index in [9.17, 15) is 0 Å². The fourth-order valence-corrected chi connectivity index (χ4v) is 7.44. The summed E-state index contributed by atoms with van der Waals surface area (Å²) >= 11 is 0. The lowest BCUT2D eigenvalue weighted by atomic mass is 9.84. The number of hydrogen-bond donors (Lipinski definition) is 0. The lowest BCUT2D eigenvalue weighted by molar-refractivity contribution is 0.636. The van der Waals surface area contributed by atoms with E-state index in [-0.39, 0.29) is 5.41 Å². The highest BCUT2D eigenvalue weighted by molar-refractivity contribution is 6.06. The zero-order valence-corrected chi connectivity index (χ0v) is 26.4. The zero-order chi connectivity index (χ0) is 31.5. The molecule has 0 bridgehead atoms. The Bertz CT molecular complexity index is 2490. The Hall–Kier alpha value is -5.86. The molecular formula is C45H32N2. The molecule has 7 aromatic carbocycles. The minimum Gasteiger partial charge on any atom is -0.231 e. The van der Waals surface area contributed by atoms with Gasteiger partial charge in [0.05, 0.1) is 11.4 Å². The quantitative estimate of drug-likeness (QED) is 0.201. The normalized spacial score (nSPS) is 13.1. The number of hydrogen-bond acceptors (Lipinski definition) is 2. The van der Waals surface area contributed by atoms with Crippen LogP contribution in [0.4, 0.5) is 0 Å². The van der Waals surface area contributed by atoms with E-state index in [1.807, 2.05) is 0 Å². The molecule has 2 heteroatoms. The van der Waals surface area contributed by atoms with Gasteiger partial charge in [-0.15, -0.1) is 0 Å². The summed E-state index contributed by atoms with van der Waals surface area (Å²) in [5.41, 5.74) is 12.3. The maximum atomic E-state index is 5.50. The van der Waals surface area contributed by atoms with Crippen LogP contribution >= 0.6 is 0 Å². The molecule has 0 N–H and O–H groups in total. The molecule has 0 spiro atoms. The molecule has 0 saturated carbocycles. The summed E-state index contributed by atoms with van der Waals surface area (Å²) in [6.07, 6.45) is 0. The third kappa shape index (κ3) is 4.40. The van der Waals surface area contributed by atoms with Crippen LogP contribution in [-0.4, -0.2) is 9.97 Å². The Kier molecular flexibility index (Phi) is 6.20. The van der Waals surface area contributed by atoms with E-state index in [1.165, 1.54) is 44.0 Å². The first-order valence-electron chi connectivity index (χ1n) is 16.3. The second-order valence-electron chi connectivity index (χ2n) is 13.0. The molecule has 1 aliphatic carbocycles. The summed E-state index contributed by atoms with van der Waals surface area (Å²) in [6, 6.07) is 56.4. The smallest absolute Gasteiger partial charge is 0.160 e. The first kappa shape index (κ1) is 27.5. The van der Waals surface area contributed by atoms with Crippen LogP contribution in [0, 0.1) is 0 Å². The summed E-state index contributed by atoms with van der Waals surface area (Å²) in [7, 11) is 0. The fraction of sp³-hybridized carbons (Fsp3) is 0.0667. The number of rotatable bonds is 4. The molecule has 0 aliphatic heterocycles. The molecule has 0 atom stereocenters. The maximum absolute atomic E-state index is 5.50. The molecule has 47 heavy (non-hydrogen) atoms. The molecule has 0 saturated heterocycles. The van der Waals surface area contributed by atoms with E-state index in [0.717, 1.165) is 44.9 Å². The van der Waals surface area contributed by atoms with Crippen molar-refractivity contribution in [2.24, 2.45) is 0 Å². The first-order chi connectivity index (χ1) is 23.1. The second-order valence-corrected chi connectivity index (χ2v) is 13.0. The van der Waals surface area contributed by atoms with E-state index < -0.39 is 0 Å². The van der Waals surface area contributed by atoms with Crippen LogP contribution < -0.4 is 0 Å². The van der Waals surface area contributed by atoms with Crippen molar-refractivity contribution in [3.05, 3.63) is 169 Å². The van der Waals surface area contributed by atoms with Crippen molar-refractivity contribution in [1.29, 1.82) is 0 Å². The van der Waals surface area contributed by atoms with Crippen molar-refractivity contribution < 1.29 is 0 Å². The van der Waals surface area contributed by atoms with Gasteiger partial charge in [0.2, 0.25) is 0 Å². The lowest BCUT2D eigenvalue weighted by Gasteiger charge is -2.21. The van der Waals surface area contributed by atoms with Gasteiger partial charge in [0.25, 0.3) is 0 Å². The average molecular weight is 601 g/mol. The predicted molar refractivity (Wildman–Crippen MR) is 196 cm³/mol. The maximum Gasteiger partial charge on any atom is 0.160 e. The van der Waals surface area contributed by atoms with E-state index in [2.05, 4.69) is 172 Å². The van der Waals surface area contributed by atoms with Gasteiger partial charge in [-0.25, -0.2) is 9.97 Å². The summed E-state index contributed by atoms with van der Waals surface area (Å²) in [6.45, 7) is 4.61. The summed E-state index contributed by atoms with van der Waals surface area (Å²) in [5.74, 6) is 0.761. The standard InChI is InChI=1S/C45H32N2/c1-45(2)39-26-25-31-16-7-9-23-37(31)40(39)41-42(46-44(47-43(41)45)38-24-12-17-30-15-6-8-22-36(30)38)35-21-11-20-34(28-35)33-19-10-18-32(27-33)29-13-4-3-5-14-29/h3-28H,1-2H3. The van der Waals surface area contributed by atoms with Gasteiger partial charge in [0.1, 0.15) is 0 Å². The van der Waals surface area contributed by atoms with Crippen LogP contribution in [0.1, 0.15) is 25.1 Å². The summed E-state index contributed by atoms with van der Waals surface area (Å²) < 4.78 is 0. The van der Waals surface area contributed by atoms with Gasteiger partial charge in [-0.3, -0.25) is 0 Å². The van der Waals surface area contributed by atoms with E-state index in [4.69, 9.17) is 9.97 Å². The van der Waals surface area contributed by atoms with Crippen molar-refractivity contribution >= 4 is 21.5 Å². The van der Waals surface area contributed by atoms with Crippen molar-refractivity contribution in [1.82, 2.24) is 9.97 Å². The highest BCUT2D eigenvalue weighted by atomic mass is 14.9. The Balaban J connectivity index is 1.31. The minimum atomic E-state index is -0.298. The fourth-order valence-electron chi connectivity index (χ4n) is 7.44. The van der Waals surface area contributed by atoms with Crippen LogP contribution in [0.2, 0.25) is 0 Å². The Morgan fingerprint density at radius 2 is 0.979 bits per heavy atom. The van der Waals surface area contributed by atoms with Crippen LogP contribution in [0.5, 0.6) is 0 Å². The Morgan fingerprint density at radius 3 is 1.74 bits per heavy atom. The van der Waals surface area contributed by atoms with Crippen LogP contribution in [0.3, 0.4) is 0 Å². The summed E-state index contributed by atoms with van der Waals surface area (Å²) in [5, 5.41) is 4.81. The lowest BCUT2D eigenvalue weighted by Crippen LogP contribution is -2.17. The number of nitrogens with zero attached hydrogens (tertiary/aromatic N) is 2. The topological polar surface area (TPSA) is 25.8 Å². The Labute approximate surface area is 275 Å². The van der Waals surface area contributed by atoms with E-state index in [0.29, 0.717) is 0 Å². The SMILES string of the molecule is CC1(C)c2ccc3ccccc3c2-c2c(-c3cccc(-c4cccc(-c5ccccc5)c4)c3)nc(-c3cccc4ccccc34)nc21. The van der Waals surface area contributed by atoms with Crippen molar-refractivity contribution in [2.75, 3.05) is 0 Å². The molecule has 222 valence electrons. The molecule has 0 fully saturated rings. The molecule has 0 unspecified atom stereocenters. The van der Waals surface area contributed by atoms with Crippen LogP contribution in [0.15, 0.2) is 158 Å². The Morgan fingerprint density at radius 1 is 0.426 bits per heavy atom. The molecule has 0 radical (unpaired) electrons. The second kappa shape index (κ2) is 10.6. The van der Waals surface area contributed by atoms with Gasteiger partial charge in [-0.05, 0) is 67.1 Å². The van der Waals surface area contributed by atoms with Crippen LogP contribution in [-0.2, 0) is 5.41 Å². The highest BCUT2D eigenvalue weighted by Crippen LogP contribution is 2.54. The van der Waals surface area contributed by atoms with Gasteiger partial charge in [0.15, 0.2) is 5.82 Å². The predicted octanol–water partition coefficient (Wildman–Crippen LogP) is 11.8. The van der Waals surface area contributed by atoms with Crippen molar-refractivity contribution in [3.63, 3.8) is 0 Å². The molecule has 1 heterocycles. The van der Waals surface area contributed by atoms with Gasteiger partial charge in [-0.1, -0.05) is 159 Å². The molecule has 1 aliphatic rings. The van der Waals surface area contributed by atoms with Crippen molar-refractivity contribution in [3.8, 4) is 56.0 Å². The molecule has 2 nitrogen and oxygen atoms in total. The number of fused-ring (bicyclic) bond motifs is 6. The molecular weight excluding hydrogens is 569 g/mol. The number of aromatic nitrogens is 2. The van der Waals surface area contributed by atoms with Gasteiger partial charge >= 0.3 is 0 Å². The van der Waals surface area contributed by atoms with Gasteiger partial charge < -0.3 is 0 Å². The van der Waals surface area contributed by atoms with Gasteiger partial charge in [0, 0.05) is 22.1 Å². The molecule has 8 aromatic rings. The third-order valence-corrected chi connectivity index (χ3v) is 9.82. The minimum absolute atomic E-state index is 0.298. The summed E-state index contributed by atoms with van der Waals surface area (Å²) in [4.78, 5) is 10.9. The van der Waals surface area contributed by atoms with Crippen LogP contribution in [0.25, 0.3) is 77.6 Å². The third-order valence-electron chi connectivity index (χ3n) is 9.82. The average Bonchev–Trinajstić information content (AvgIpc) is 3.37. The van der Waals surface area contributed by atoms with E-state index in [1.54, 1.807) is 0 Å². The largest absolute Gasteiger partial charge is 0.231 e.